The Morgan fingerprint density at radius 1 is 1.42 bits per heavy atom. The molecule has 0 aromatic carbocycles. The number of aliphatic hydroxyl groups is 1. The lowest BCUT2D eigenvalue weighted by atomic mass is 10.4. The van der Waals surface area contributed by atoms with Crippen molar-refractivity contribution in [3.63, 3.8) is 0 Å². The molecule has 1 atom stereocenters. The first-order chi connectivity index (χ1) is 9.01. The van der Waals surface area contributed by atoms with E-state index in [4.69, 9.17) is 9.84 Å². The highest BCUT2D eigenvalue weighted by molar-refractivity contribution is 5.86. The predicted molar refractivity (Wildman–Crippen MR) is 68.4 cm³/mol. The van der Waals surface area contributed by atoms with E-state index in [9.17, 15) is 9.59 Å². The van der Waals surface area contributed by atoms with Crippen LogP contribution in [0.15, 0.2) is 24.8 Å². The number of ether oxygens (including phenoxy) is 3. The summed E-state index contributed by atoms with van der Waals surface area (Å²) >= 11 is 0. The number of aliphatic hydroxyl groups excluding tert-OH is 1. The molecule has 19 heavy (non-hydrogen) atoms. The molecule has 1 aliphatic heterocycles. The van der Waals surface area contributed by atoms with Crippen LogP contribution in [0.1, 0.15) is 13.3 Å². The van der Waals surface area contributed by atoms with Crippen molar-refractivity contribution in [3.05, 3.63) is 24.8 Å². The second-order valence-corrected chi connectivity index (χ2v) is 3.78. The standard InChI is InChI=1S/C10H14O4.C3H6O2/c1-4-9(11)13-6-5-7-14-10(12)8(2)3;4-1-3-2-5-3/h4H,1-2,5-7H2,3H3;3-4H,1-2H2. The van der Waals surface area contributed by atoms with E-state index in [1.165, 1.54) is 0 Å². The van der Waals surface area contributed by atoms with E-state index in [1.807, 2.05) is 0 Å². The van der Waals surface area contributed by atoms with Gasteiger partial charge in [0.05, 0.1) is 26.4 Å². The first-order valence-electron chi connectivity index (χ1n) is 5.85. The van der Waals surface area contributed by atoms with Gasteiger partial charge in [-0.25, -0.2) is 9.59 Å². The fourth-order valence-electron chi connectivity index (χ4n) is 0.752. The van der Waals surface area contributed by atoms with Crippen molar-refractivity contribution in [1.29, 1.82) is 0 Å². The second kappa shape index (κ2) is 10.3. The van der Waals surface area contributed by atoms with Crippen LogP contribution in [-0.2, 0) is 23.8 Å². The molecule has 6 nitrogen and oxygen atoms in total. The van der Waals surface area contributed by atoms with E-state index in [1.54, 1.807) is 6.92 Å². The SMILES string of the molecule is C=CC(=O)OCCCOC(=O)C(=C)C.OCC1CO1. The van der Waals surface area contributed by atoms with Crippen molar-refractivity contribution in [2.75, 3.05) is 26.4 Å². The molecule has 0 radical (unpaired) electrons. The van der Waals surface area contributed by atoms with Crippen LogP contribution in [0.4, 0.5) is 0 Å². The average Bonchev–Trinajstić information content (AvgIpc) is 3.22. The molecule has 1 unspecified atom stereocenters. The number of esters is 2. The first-order valence-corrected chi connectivity index (χ1v) is 5.85. The van der Waals surface area contributed by atoms with E-state index in [0.29, 0.717) is 12.0 Å². The molecule has 0 bridgehead atoms. The summed E-state index contributed by atoms with van der Waals surface area (Å²) in [6.45, 7) is 9.62. The summed E-state index contributed by atoms with van der Waals surface area (Å²) in [6.07, 6.45) is 1.74. The summed E-state index contributed by atoms with van der Waals surface area (Å²) < 4.78 is 14.0. The van der Waals surface area contributed by atoms with E-state index < -0.39 is 11.9 Å². The monoisotopic (exact) mass is 272 g/mol. The topological polar surface area (TPSA) is 85.4 Å². The summed E-state index contributed by atoms with van der Waals surface area (Å²) in [4.78, 5) is 21.4. The molecule has 6 heteroatoms. The zero-order valence-corrected chi connectivity index (χ0v) is 11.1. The Kier molecular flexibility index (Phi) is 9.38. The van der Waals surface area contributed by atoms with Crippen molar-refractivity contribution in [2.24, 2.45) is 0 Å². The van der Waals surface area contributed by atoms with Crippen LogP contribution in [0.3, 0.4) is 0 Å². The third-order valence-corrected chi connectivity index (χ3v) is 1.89. The molecule has 0 aromatic heterocycles. The van der Waals surface area contributed by atoms with Gasteiger partial charge in [-0.15, -0.1) is 0 Å². The van der Waals surface area contributed by atoms with Gasteiger partial charge in [-0.2, -0.15) is 0 Å². The minimum Gasteiger partial charge on any atom is -0.462 e. The highest BCUT2D eigenvalue weighted by Gasteiger charge is 2.19. The fourth-order valence-corrected chi connectivity index (χ4v) is 0.752. The van der Waals surface area contributed by atoms with Crippen molar-refractivity contribution in [2.45, 2.75) is 19.4 Å². The Balaban J connectivity index is 0.000000532. The third kappa shape index (κ3) is 11.2. The average molecular weight is 272 g/mol. The smallest absolute Gasteiger partial charge is 0.333 e. The minimum atomic E-state index is -0.476. The molecular formula is C13H20O6. The first kappa shape index (κ1) is 17.3. The van der Waals surface area contributed by atoms with E-state index >= 15 is 0 Å². The Bertz CT molecular complexity index is 319. The molecule has 0 saturated carbocycles. The molecular weight excluding hydrogens is 252 g/mol. The molecule has 1 N–H and O–H groups in total. The lowest BCUT2D eigenvalue weighted by Gasteiger charge is -2.04. The second-order valence-electron chi connectivity index (χ2n) is 3.78. The normalized spacial score (nSPS) is 15.6. The van der Waals surface area contributed by atoms with Gasteiger partial charge in [0, 0.05) is 18.1 Å². The van der Waals surface area contributed by atoms with Gasteiger partial charge in [-0.05, 0) is 6.92 Å². The van der Waals surface area contributed by atoms with Gasteiger partial charge in [0.2, 0.25) is 0 Å². The molecule has 1 fully saturated rings. The predicted octanol–water partition coefficient (Wildman–Crippen LogP) is 0.602. The van der Waals surface area contributed by atoms with E-state index in [-0.39, 0.29) is 25.9 Å². The van der Waals surface area contributed by atoms with Crippen molar-refractivity contribution in [3.8, 4) is 0 Å². The zero-order valence-electron chi connectivity index (χ0n) is 11.1. The van der Waals surface area contributed by atoms with Gasteiger partial charge in [-0.1, -0.05) is 13.2 Å². The molecule has 108 valence electrons. The molecule has 1 heterocycles. The van der Waals surface area contributed by atoms with E-state index in [0.717, 1.165) is 12.7 Å². The van der Waals surface area contributed by atoms with Crippen LogP contribution >= 0.6 is 0 Å². The number of epoxide rings is 1. The van der Waals surface area contributed by atoms with Crippen LogP contribution in [0.25, 0.3) is 0 Å². The van der Waals surface area contributed by atoms with Gasteiger partial charge in [0.15, 0.2) is 0 Å². The molecule has 1 saturated heterocycles. The number of hydrogen-bond acceptors (Lipinski definition) is 6. The van der Waals surface area contributed by atoms with Crippen LogP contribution < -0.4 is 0 Å². The summed E-state index contributed by atoms with van der Waals surface area (Å²) in [6, 6.07) is 0. The van der Waals surface area contributed by atoms with Crippen LogP contribution in [0.2, 0.25) is 0 Å². The zero-order chi connectivity index (χ0) is 14.7. The molecule has 1 rings (SSSR count). The lowest BCUT2D eigenvalue weighted by Crippen LogP contribution is -2.09. The Morgan fingerprint density at radius 2 is 2.00 bits per heavy atom. The maximum absolute atomic E-state index is 10.9. The van der Waals surface area contributed by atoms with Gasteiger partial charge >= 0.3 is 11.9 Å². The highest BCUT2D eigenvalue weighted by Crippen LogP contribution is 2.04. The number of carbonyl (C=O) groups excluding carboxylic acids is 2. The summed E-state index contributed by atoms with van der Waals surface area (Å²) in [5.41, 5.74) is 0.355. The number of rotatable bonds is 7. The summed E-state index contributed by atoms with van der Waals surface area (Å²) in [5.74, 6) is -0.906. The molecule has 0 aliphatic carbocycles. The summed E-state index contributed by atoms with van der Waals surface area (Å²) in [7, 11) is 0. The van der Waals surface area contributed by atoms with Gasteiger partial charge in [0.25, 0.3) is 0 Å². The summed E-state index contributed by atoms with van der Waals surface area (Å²) in [5, 5.41) is 8.08. The van der Waals surface area contributed by atoms with Crippen LogP contribution in [0.5, 0.6) is 0 Å². The lowest BCUT2D eigenvalue weighted by molar-refractivity contribution is -0.140. The van der Waals surface area contributed by atoms with Gasteiger partial charge < -0.3 is 19.3 Å². The third-order valence-electron chi connectivity index (χ3n) is 1.89. The maximum atomic E-state index is 10.9. The van der Waals surface area contributed by atoms with Crippen LogP contribution in [-0.4, -0.2) is 49.6 Å². The Labute approximate surface area is 112 Å². The van der Waals surface area contributed by atoms with Gasteiger partial charge in [0.1, 0.15) is 6.10 Å². The Hall–Kier alpha value is -1.66. The Morgan fingerprint density at radius 3 is 2.37 bits per heavy atom. The fraction of sp³-hybridized carbons (Fsp3) is 0.538. The highest BCUT2D eigenvalue weighted by atomic mass is 16.6. The van der Waals surface area contributed by atoms with E-state index in [2.05, 4.69) is 22.6 Å². The largest absolute Gasteiger partial charge is 0.462 e. The minimum absolute atomic E-state index is 0.190. The molecule has 0 spiro atoms. The molecule has 0 amide bonds. The number of carbonyl (C=O) groups is 2. The van der Waals surface area contributed by atoms with Gasteiger partial charge in [-0.3, -0.25) is 0 Å². The van der Waals surface area contributed by atoms with Crippen molar-refractivity contribution < 1.29 is 28.9 Å². The maximum Gasteiger partial charge on any atom is 0.333 e. The van der Waals surface area contributed by atoms with Crippen molar-refractivity contribution >= 4 is 11.9 Å². The molecule has 1 aliphatic rings. The van der Waals surface area contributed by atoms with Crippen molar-refractivity contribution in [1.82, 2.24) is 0 Å². The molecule has 0 aromatic rings. The van der Waals surface area contributed by atoms with Crippen LogP contribution in [0, 0.1) is 0 Å². The quantitative estimate of drug-likeness (QED) is 0.316. The number of hydrogen-bond donors (Lipinski definition) is 1.